The van der Waals surface area contributed by atoms with Crippen LogP contribution in [0.15, 0.2) is 77.8 Å². The molecule has 4 aromatic rings. The van der Waals surface area contributed by atoms with Gasteiger partial charge in [-0.3, -0.25) is 0 Å². The smallest absolute Gasteiger partial charge is 0.430 e. The van der Waals surface area contributed by atoms with Gasteiger partial charge in [0.1, 0.15) is 29.9 Å². The standard InChI is InChI=1S/C26H22F6N2O3S.C2HF3O2/c27-19-4-2-6-22(12-19)38(35,36)34-15-18(23-8-7-20(28)13-24(23)34)9-10-33-14-17-3-1-5-21(11-17)37-16-26(31,32)25(29)30;3-2(4,5)1(6)7/h1-8,11-13,15,25,33H,9-10,14,16H2;(H,6,7). The van der Waals surface area contributed by atoms with Crippen molar-refractivity contribution in [1.29, 1.82) is 0 Å². The Kier molecular flexibility index (Phi) is 11.1. The van der Waals surface area contributed by atoms with E-state index in [-0.39, 0.29) is 16.2 Å². The van der Waals surface area contributed by atoms with Crippen LogP contribution in [0, 0.1) is 11.6 Å². The summed E-state index contributed by atoms with van der Waals surface area (Å²) >= 11 is 0. The molecular weight excluding hydrogens is 647 g/mol. The third kappa shape index (κ3) is 9.37. The van der Waals surface area contributed by atoms with Gasteiger partial charge in [0.2, 0.25) is 0 Å². The van der Waals surface area contributed by atoms with Crippen LogP contribution in [0.3, 0.4) is 0 Å². The molecule has 45 heavy (non-hydrogen) atoms. The molecule has 1 aromatic heterocycles. The van der Waals surface area contributed by atoms with E-state index in [1.807, 2.05) is 5.32 Å². The molecule has 0 aliphatic heterocycles. The Bertz CT molecular complexity index is 1740. The number of carboxylic acids is 1. The fourth-order valence-electron chi connectivity index (χ4n) is 3.91. The van der Waals surface area contributed by atoms with Crippen LogP contribution < -0.4 is 15.2 Å². The van der Waals surface area contributed by atoms with Crippen LogP contribution in [0.25, 0.3) is 10.9 Å². The van der Waals surface area contributed by atoms with Crippen LogP contribution in [0.5, 0.6) is 5.75 Å². The van der Waals surface area contributed by atoms with Crippen molar-refractivity contribution in [2.75, 3.05) is 13.2 Å². The number of aromatic nitrogens is 1. The lowest BCUT2D eigenvalue weighted by atomic mass is 10.1. The molecule has 0 aliphatic carbocycles. The lowest BCUT2D eigenvalue weighted by Crippen LogP contribution is -2.83. The Morgan fingerprint density at radius 3 is 2.20 bits per heavy atom. The van der Waals surface area contributed by atoms with E-state index in [0.29, 0.717) is 36.0 Å². The number of halogens is 9. The van der Waals surface area contributed by atoms with E-state index >= 15 is 0 Å². The van der Waals surface area contributed by atoms with Crippen LogP contribution in [-0.2, 0) is 27.8 Å². The lowest BCUT2D eigenvalue weighted by Gasteiger charge is -2.16. The van der Waals surface area contributed by atoms with Crippen molar-refractivity contribution in [3.05, 3.63) is 95.7 Å². The van der Waals surface area contributed by atoms with Gasteiger partial charge in [0, 0.05) is 23.6 Å². The third-order valence-electron chi connectivity index (χ3n) is 6.05. The van der Waals surface area contributed by atoms with E-state index in [1.165, 1.54) is 42.6 Å². The van der Waals surface area contributed by atoms with Gasteiger partial charge in [-0.25, -0.2) is 30.0 Å². The molecule has 0 aliphatic rings. The number of ether oxygens (including phenoxy) is 1. The lowest BCUT2D eigenvalue weighted by molar-refractivity contribution is -0.670. The maximum atomic E-state index is 14.0. The van der Waals surface area contributed by atoms with Crippen molar-refractivity contribution in [2.45, 2.75) is 36.4 Å². The summed E-state index contributed by atoms with van der Waals surface area (Å²) in [6, 6.07) is 14.5. The second-order valence-electron chi connectivity index (χ2n) is 9.39. The number of carboxylic acid groups (broad SMARTS) is 1. The highest BCUT2D eigenvalue weighted by Crippen LogP contribution is 2.28. The summed E-state index contributed by atoms with van der Waals surface area (Å²) in [5, 5.41) is 11.2. The molecule has 0 radical (unpaired) electrons. The summed E-state index contributed by atoms with van der Waals surface area (Å²) in [6.45, 7) is -0.566. The Hall–Kier alpha value is -4.25. The second kappa shape index (κ2) is 14.2. The minimum Gasteiger partial charge on any atom is -0.542 e. The number of nitrogens with zero attached hydrogens (tertiary/aromatic N) is 1. The predicted octanol–water partition coefficient (Wildman–Crippen LogP) is 4.04. The minimum atomic E-state index is -5.19. The molecule has 4 rings (SSSR count). The van der Waals surface area contributed by atoms with E-state index in [2.05, 4.69) is 0 Å². The van der Waals surface area contributed by atoms with Crippen molar-refractivity contribution >= 4 is 26.9 Å². The Morgan fingerprint density at radius 2 is 1.58 bits per heavy atom. The normalized spacial score (nSPS) is 12.2. The quantitative estimate of drug-likeness (QED) is 0.192. The maximum Gasteiger partial charge on any atom is 0.430 e. The summed E-state index contributed by atoms with van der Waals surface area (Å²) in [7, 11) is -4.20. The van der Waals surface area contributed by atoms with Crippen LogP contribution >= 0.6 is 0 Å². The Morgan fingerprint density at radius 1 is 0.933 bits per heavy atom. The number of hydrogen-bond acceptors (Lipinski definition) is 5. The van der Waals surface area contributed by atoms with Gasteiger partial charge in [-0.1, -0.05) is 18.2 Å². The van der Waals surface area contributed by atoms with Gasteiger partial charge in [0.25, 0.3) is 10.0 Å². The van der Waals surface area contributed by atoms with Gasteiger partial charge >= 0.3 is 18.5 Å². The van der Waals surface area contributed by atoms with Crippen LogP contribution in [0.4, 0.5) is 39.5 Å². The van der Waals surface area contributed by atoms with E-state index < -0.39 is 52.8 Å². The fraction of sp³-hybridized carbons (Fsp3) is 0.250. The first-order valence-corrected chi connectivity index (χ1v) is 14.1. The molecule has 0 amide bonds. The molecule has 1 heterocycles. The summed E-state index contributed by atoms with van der Waals surface area (Å²) in [6.07, 6.45) is -7.24. The number of benzene rings is 3. The van der Waals surface area contributed by atoms with Gasteiger partial charge < -0.3 is 20.0 Å². The third-order valence-corrected chi connectivity index (χ3v) is 7.72. The Balaban J connectivity index is 0.000000707. The van der Waals surface area contributed by atoms with Crippen molar-refractivity contribution in [2.24, 2.45) is 0 Å². The first-order chi connectivity index (χ1) is 20.9. The maximum absolute atomic E-state index is 14.0. The molecule has 0 unspecified atom stereocenters. The average Bonchev–Trinajstić information content (AvgIpc) is 3.32. The van der Waals surface area contributed by atoms with E-state index in [9.17, 15) is 47.9 Å². The van der Waals surface area contributed by atoms with E-state index in [4.69, 9.17) is 14.6 Å². The molecule has 2 N–H and O–H groups in total. The number of nitrogens with two attached hydrogens (primary N) is 1. The number of quaternary nitrogens is 1. The highest BCUT2D eigenvalue weighted by molar-refractivity contribution is 7.90. The molecular formula is C28H23F9N2O5S. The zero-order chi connectivity index (χ0) is 33.6. The number of carbonyl (C=O) groups excluding carboxylic acids is 1. The van der Waals surface area contributed by atoms with Crippen LogP contribution in [-0.4, -0.2) is 50.0 Å². The first-order valence-electron chi connectivity index (χ1n) is 12.7. The molecule has 3 aromatic carbocycles. The van der Waals surface area contributed by atoms with Gasteiger partial charge in [0.05, 0.1) is 17.0 Å². The Labute approximate surface area is 249 Å². The number of fused-ring (bicyclic) bond motifs is 1. The number of aliphatic carboxylic acids is 1. The zero-order valence-corrected chi connectivity index (χ0v) is 23.5. The zero-order valence-electron chi connectivity index (χ0n) is 22.7. The monoisotopic (exact) mass is 670 g/mol. The van der Waals surface area contributed by atoms with Crippen molar-refractivity contribution < 1.29 is 67.9 Å². The molecule has 244 valence electrons. The molecule has 0 saturated heterocycles. The molecule has 0 saturated carbocycles. The van der Waals surface area contributed by atoms with Crippen molar-refractivity contribution in [3.63, 3.8) is 0 Å². The predicted molar refractivity (Wildman–Crippen MR) is 139 cm³/mol. The van der Waals surface area contributed by atoms with E-state index in [1.54, 1.807) is 12.1 Å². The van der Waals surface area contributed by atoms with Gasteiger partial charge in [-0.05, 0) is 54.1 Å². The number of hydrogen-bond donors (Lipinski definition) is 1. The molecule has 0 atom stereocenters. The van der Waals surface area contributed by atoms with Gasteiger partial charge in [-0.2, -0.15) is 22.0 Å². The summed E-state index contributed by atoms with van der Waals surface area (Å²) < 4.78 is 142. The van der Waals surface area contributed by atoms with Crippen LogP contribution in [0.1, 0.15) is 11.1 Å². The molecule has 0 spiro atoms. The van der Waals surface area contributed by atoms with Crippen LogP contribution in [0.2, 0.25) is 0 Å². The topological polar surface area (TPSA) is 105 Å². The average molecular weight is 671 g/mol. The van der Waals surface area contributed by atoms with Crippen molar-refractivity contribution in [1.82, 2.24) is 3.97 Å². The highest BCUT2D eigenvalue weighted by atomic mass is 32.2. The highest BCUT2D eigenvalue weighted by Gasteiger charge is 2.41. The summed E-state index contributed by atoms with van der Waals surface area (Å²) in [4.78, 5) is 8.51. The van der Waals surface area contributed by atoms with Crippen molar-refractivity contribution in [3.8, 4) is 5.75 Å². The first kappa shape index (κ1) is 35.2. The van der Waals surface area contributed by atoms with Gasteiger partial charge in [-0.15, -0.1) is 0 Å². The fourth-order valence-corrected chi connectivity index (χ4v) is 5.32. The van der Waals surface area contributed by atoms with Gasteiger partial charge in [0.15, 0.2) is 6.61 Å². The second-order valence-corrected chi connectivity index (χ2v) is 11.2. The van der Waals surface area contributed by atoms with E-state index in [0.717, 1.165) is 22.2 Å². The summed E-state index contributed by atoms with van der Waals surface area (Å²) in [5.74, 6) is -8.58. The SMILES string of the molecule is O=C([O-])C(F)(F)F.O=S(=O)(c1cccc(F)c1)n1cc(CC[NH2+]Cc2cccc(OCC(F)(F)C(F)F)c2)c2ccc(F)cc21. The minimum absolute atomic E-state index is 0.0314. The summed E-state index contributed by atoms with van der Waals surface area (Å²) in [5.41, 5.74) is 1.44. The molecule has 17 heteroatoms. The molecule has 7 nitrogen and oxygen atoms in total. The number of rotatable bonds is 11. The number of carbonyl (C=O) groups is 1. The number of alkyl halides is 7. The largest absolute Gasteiger partial charge is 0.542 e. The molecule has 0 bridgehead atoms. The molecule has 0 fully saturated rings.